The molecule has 2 N–H and O–H groups in total. The molecular formula is C15H21FN2. The summed E-state index contributed by atoms with van der Waals surface area (Å²) < 4.78 is 14.2. The largest absolute Gasteiger partial charge is 0.366 e. The van der Waals surface area contributed by atoms with Crippen molar-refractivity contribution in [3.8, 4) is 0 Å². The third-order valence-corrected chi connectivity index (χ3v) is 4.29. The highest BCUT2D eigenvalue weighted by molar-refractivity contribution is 5.52. The van der Waals surface area contributed by atoms with E-state index in [0.717, 1.165) is 30.1 Å². The molecule has 3 unspecified atom stereocenters. The van der Waals surface area contributed by atoms with Crippen LogP contribution < -0.4 is 10.6 Å². The Kier molecular flexibility index (Phi) is 3.02. The maximum absolute atomic E-state index is 14.2. The first-order chi connectivity index (χ1) is 8.63. The summed E-state index contributed by atoms with van der Waals surface area (Å²) in [5.74, 6) is 0.707. The highest BCUT2D eigenvalue weighted by Gasteiger charge is 2.38. The van der Waals surface area contributed by atoms with E-state index in [4.69, 9.17) is 5.73 Å². The number of rotatable bonds is 3. The summed E-state index contributed by atoms with van der Waals surface area (Å²) in [6.45, 7) is 2.99. The molecule has 0 radical (unpaired) electrons. The topological polar surface area (TPSA) is 29.3 Å². The van der Waals surface area contributed by atoms with Crippen LogP contribution >= 0.6 is 0 Å². The molecule has 1 aromatic rings. The monoisotopic (exact) mass is 248 g/mol. The van der Waals surface area contributed by atoms with Gasteiger partial charge in [0.2, 0.25) is 0 Å². The van der Waals surface area contributed by atoms with Gasteiger partial charge in [-0.05, 0) is 56.2 Å². The Balaban J connectivity index is 1.81. The van der Waals surface area contributed by atoms with Crippen molar-refractivity contribution >= 4 is 5.69 Å². The van der Waals surface area contributed by atoms with Crippen LogP contribution in [-0.2, 0) is 6.42 Å². The molecule has 98 valence electrons. The lowest BCUT2D eigenvalue weighted by Gasteiger charge is -2.29. The van der Waals surface area contributed by atoms with E-state index < -0.39 is 0 Å². The fraction of sp³-hybridized carbons (Fsp3) is 0.600. The number of piperidine rings is 1. The van der Waals surface area contributed by atoms with Crippen molar-refractivity contribution in [2.45, 2.75) is 44.7 Å². The van der Waals surface area contributed by atoms with Gasteiger partial charge >= 0.3 is 0 Å². The standard InChI is InChI=1S/C15H21FN2/c1-10(17)6-11-3-5-15(14(16)8-11)18-9-12-2-4-13(18)7-12/h3,5,8,10,12-13H,2,4,6-7,9,17H2,1H3. The minimum absolute atomic E-state index is 0.0815. The smallest absolute Gasteiger partial charge is 0.146 e. The Morgan fingerprint density at radius 2 is 2.28 bits per heavy atom. The van der Waals surface area contributed by atoms with Crippen LogP contribution in [0.15, 0.2) is 18.2 Å². The molecule has 2 aliphatic rings. The molecule has 18 heavy (non-hydrogen) atoms. The zero-order valence-electron chi connectivity index (χ0n) is 10.9. The van der Waals surface area contributed by atoms with Gasteiger partial charge in [-0.15, -0.1) is 0 Å². The molecule has 0 spiro atoms. The summed E-state index contributed by atoms with van der Waals surface area (Å²) >= 11 is 0. The maximum atomic E-state index is 14.2. The van der Waals surface area contributed by atoms with E-state index in [9.17, 15) is 4.39 Å². The second-order valence-electron chi connectivity index (χ2n) is 5.95. The summed E-state index contributed by atoms with van der Waals surface area (Å²) in [6.07, 6.45) is 4.54. The average molecular weight is 248 g/mol. The second kappa shape index (κ2) is 4.54. The molecule has 1 aliphatic carbocycles. The van der Waals surface area contributed by atoms with Crippen molar-refractivity contribution in [2.24, 2.45) is 11.7 Å². The van der Waals surface area contributed by atoms with Crippen LogP contribution in [0.1, 0.15) is 31.7 Å². The van der Waals surface area contributed by atoms with Gasteiger partial charge in [0, 0.05) is 18.6 Å². The van der Waals surface area contributed by atoms with Gasteiger partial charge in [-0.3, -0.25) is 0 Å². The SMILES string of the molecule is CC(N)Cc1ccc(N2CC3CCC2C3)c(F)c1. The van der Waals surface area contributed by atoms with Crippen molar-refractivity contribution in [1.82, 2.24) is 0 Å². The summed E-state index contributed by atoms with van der Waals surface area (Å²) in [6, 6.07) is 6.27. The number of halogens is 1. The molecular weight excluding hydrogens is 227 g/mol. The van der Waals surface area contributed by atoms with E-state index >= 15 is 0 Å². The molecule has 3 atom stereocenters. The summed E-state index contributed by atoms with van der Waals surface area (Å²) in [5, 5.41) is 0. The molecule has 1 heterocycles. The molecule has 2 bridgehead atoms. The van der Waals surface area contributed by atoms with Gasteiger partial charge in [0.25, 0.3) is 0 Å². The zero-order chi connectivity index (χ0) is 12.7. The fourth-order valence-corrected chi connectivity index (χ4v) is 3.50. The van der Waals surface area contributed by atoms with E-state index in [0.29, 0.717) is 6.04 Å². The minimum atomic E-state index is -0.0827. The third-order valence-electron chi connectivity index (χ3n) is 4.29. The number of benzene rings is 1. The van der Waals surface area contributed by atoms with Crippen molar-refractivity contribution < 1.29 is 4.39 Å². The normalized spacial score (nSPS) is 27.8. The van der Waals surface area contributed by atoms with Crippen LogP contribution in [0.5, 0.6) is 0 Å². The Morgan fingerprint density at radius 3 is 2.83 bits per heavy atom. The number of fused-ring (bicyclic) bond motifs is 2. The molecule has 3 rings (SSSR count). The molecule has 0 amide bonds. The van der Waals surface area contributed by atoms with Gasteiger partial charge in [0.1, 0.15) is 5.82 Å². The van der Waals surface area contributed by atoms with Crippen LogP contribution in [0.25, 0.3) is 0 Å². The minimum Gasteiger partial charge on any atom is -0.366 e. The van der Waals surface area contributed by atoms with Crippen LogP contribution in [0.2, 0.25) is 0 Å². The lowest BCUT2D eigenvalue weighted by molar-refractivity contribution is 0.540. The molecule has 3 heteroatoms. The fourth-order valence-electron chi connectivity index (χ4n) is 3.50. The lowest BCUT2D eigenvalue weighted by Crippen LogP contribution is -2.32. The van der Waals surface area contributed by atoms with Crippen molar-refractivity contribution in [1.29, 1.82) is 0 Å². The molecule has 1 aliphatic heterocycles. The van der Waals surface area contributed by atoms with Crippen LogP contribution in [0, 0.1) is 11.7 Å². The number of anilines is 1. The predicted octanol–water partition coefficient (Wildman–Crippen LogP) is 2.70. The van der Waals surface area contributed by atoms with Gasteiger partial charge in [-0.1, -0.05) is 6.07 Å². The first-order valence-corrected chi connectivity index (χ1v) is 6.94. The number of nitrogens with two attached hydrogens (primary N) is 1. The predicted molar refractivity (Wildman–Crippen MR) is 72.2 cm³/mol. The number of hydrogen-bond donors (Lipinski definition) is 1. The highest BCUT2D eigenvalue weighted by atomic mass is 19.1. The van der Waals surface area contributed by atoms with Crippen molar-refractivity contribution in [3.05, 3.63) is 29.6 Å². The molecule has 2 nitrogen and oxygen atoms in total. The highest BCUT2D eigenvalue weighted by Crippen LogP contribution is 2.40. The summed E-state index contributed by atoms with van der Waals surface area (Å²) in [5.41, 5.74) is 7.53. The third kappa shape index (κ3) is 2.12. The van der Waals surface area contributed by atoms with Gasteiger partial charge in [0.05, 0.1) is 5.69 Å². The first kappa shape index (κ1) is 12.0. The van der Waals surface area contributed by atoms with Crippen LogP contribution in [0.4, 0.5) is 10.1 Å². The van der Waals surface area contributed by atoms with Gasteiger partial charge < -0.3 is 10.6 Å². The molecule has 1 aromatic carbocycles. The van der Waals surface area contributed by atoms with Gasteiger partial charge in [-0.25, -0.2) is 4.39 Å². The Hall–Kier alpha value is -1.09. The van der Waals surface area contributed by atoms with Crippen molar-refractivity contribution in [3.63, 3.8) is 0 Å². The van der Waals surface area contributed by atoms with E-state index in [1.807, 2.05) is 19.1 Å². The Labute approximate surface area is 108 Å². The van der Waals surface area contributed by atoms with Crippen molar-refractivity contribution in [2.75, 3.05) is 11.4 Å². The summed E-state index contributed by atoms with van der Waals surface area (Å²) in [4.78, 5) is 2.26. The maximum Gasteiger partial charge on any atom is 0.146 e. The van der Waals surface area contributed by atoms with Gasteiger partial charge in [0.15, 0.2) is 0 Å². The van der Waals surface area contributed by atoms with Gasteiger partial charge in [-0.2, -0.15) is 0 Å². The molecule has 2 fully saturated rings. The van der Waals surface area contributed by atoms with Crippen LogP contribution in [-0.4, -0.2) is 18.6 Å². The summed E-state index contributed by atoms with van der Waals surface area (Å²) in [7, 11) is 0. The van der Waals surface area contributed by atoms with E-state index in [1.54, 1.807) is 6.07 Å². The second-order valence-corrected chi connectivity index (χ2v) is 5.95. The Bertz CT molecular complexity index is 444. The first-order valence-electron chi connectivity index (χ1n) is 6.94. The molecule has 1 saturated heterocycles. The number of hydrogen-bond acceptors (Lipinski definition) is 2. The van der Waals surface area contributed by atoms with Crippen LogP contribution in [0.3, 0.4) is 0 Å². The van der Waals surface area contributed by atoms with E-state index in [1.165, 1.54) is 19.3 Å². The Morgan fingerprint density at radius 1 is 1.44 bits per heavy atom. The average Bonchev–Trinajstić information content (AvgIpc) is 2.90. The molecule has 1 saturated carbocycles. The zero-order valence-corrected chi connectivity index (χ0v) is 10.9. The lowest BCUT2D eigenvalue weighted by atomic mass is 10.1. The molecule has 0 aromatic heterocycles. The van der Waals surface area contributed by atoms with E-state index in [-0.39, 0.29) is 11.9 Å². The number of nitrogens with zero attached hydrogens (tertiary/aromatic N) is 1. The quantitative estimate of drug-likeness (QED) is 0.891. The van der Waals surface area contributed by atoms with E-state index in [2.05, 4.69) is 4.90 Å².